The molecular weight excluding hydrogens is 375 g/mol. The molecule has 1 heterocycles. The third kappa shape index (κ3) is 4.68. The summed E-state index contributed by atoms with van der Waals surface area (Å²) in [6.45, 7) is 1.54. The van der Waals surface area contributed by atoms with Crippen molar-refractivity contribution in [1.82, 2.24) is 5.32 Å². The van der Waals surface area contributed by atoms with Gasteiger partial charge in [-0.2, -0.15) is 0 Å². The van der Waals surface area contributed by atoms with Crippen LogP contribution in [0.3, 0.4) is 0 Å². The second kappa shape index (κ2) is 9.24. The lowest BCUT2D eigenvalue weighted by atomic mass is 9.91. The van der Waals surface area contributed by atoms with Gasteiger partial charge in [0.15, 0.2) is 0 Å². The summed E-state index contributed by atoms with van der Waals surface area (Å²) < 4.78 is 11.3. The Morgan fingerprint density at radius 3 is 2.38 bits per heavy atom. The zero-order chi connectivity index (χ0) is 17.7. The highest BCUT2D eigenvalue weighted by molar-refractivity contribution is 6.32. The molecule has 1 amide bonds. The molecule has 1 aliphatic rings. The molecule has 5 nitrogen and oxygen atoms in total. The number of carbonyl (C=O) groups excluding carboxylic acids is 1. The molecule has 1 aliphatic heterocycles. The van der Waals surface area contributed by atoms with Crippen LogP contribution in [0.15, 0.2) is 48.5 Å². The lowest BCUT2D eigenvalue weighted by Crippen LogP contribution is -2.51. The van der Waals surface area contributed by atoms with Crippen LogP contribution in [-0.2, 0) is 9.53 Å². The van der Waals surface area contributed by atoms with Crippen molar-refractivity contribution in [3.8, 4) is 11.5 Å². The topological polar surface area (TPSA) is 59.6 Å². The minimum absolute atomic E-state index is 0. The van der Waals surface area contributed by atoms with E-state index in [1.165, 1.54) is 0 Å². The molecule has 0 bridgehead atoms. The van der Waals surface area contributed by atoms with Crippen molar-refractivity contribution in [3.63, 3.8) is 0 Å². The highest BCUT2D eigenvalue weighted by Crippen LogP contribution is 2.30. The Hall–Kier alpha value is -1.79. The maximum absolute atomic E-state index is 12.6. The van der Waals surface area contributed by atoms with Gasteiger partial charge in [0.1, 0.15) is 17.1 Å². The number of rotatable bonds is 5. The van der Waals surface area contributed by atoms with E-state index in [1.54, 1.807) is 43.5 Å². The molecule has 2 aromatic carbocycles. The second-order valence-corrected chi connectivity index (χ2v) is 6.37. The highest BCUT2D eigenvalue weighted by atomic mass is 35.5. The van der Waals surface area contributed by atoms with Gasteiger partial charge < -0.3 is 20.1 Å². The number of benzene rings is 2. The van der Waals surface area contributed by atoms with Gasteiger partial charge in [-0.3, -0.25) is 4.79 Å². The summed E-state index contributed by atoms with van der Waals surface area (Å²) in [6.07, 6.45) is 1.31. The van der Waals surface area contributed by atoms with Crippen LogP contribution in [0.1, 0.15) is 12.8 Å². The van der Waals surface area contributed by atoms with Crippen LogP contribution < -0.4 is 15.4 Å². The number of anilines is 1. The molecule has 0 atom stereocenters. The van der Waals surface area contributed by atoms with Crippen molar-refractivity contribution in [2.24, 2.45) is 0 Å². The third-order valence-corrected chi connectivity index (χ3v) is 4.70. The molecule has 0 unspecified atom stereocenters. The van der Waals surface area contributed by atoms with Crippen LogP contribution in [-0.4, -0.2) is 31.7 Å². The molecule has 0 aliphatic carbocycles. The maximum Gasteiger partial charge on any atom is 0.256 e. The van der Waals surface area contributed by atoms with Crippen LogP contribution in [0.25, 0.3) is 0 Å². The summed E-state index contributed by atoms with van der Waals surface area (Å²) >= 11 is 6.09. The van der Waals surface area contributed by atoms with E-state index < -0.39 is 5.60 Å². The number of para-hydroxylation sites is 1. The first-order chi connectivity index (χ1) is 12.1. The number of carbonyl (C=O) groups is 1. The fourth-order valence-corrected chi connectivity index (χ4v) is 3.03. The van der Waals surface area contributed by atoms with Crippen molar-refractivity contribution in [1.29, 1.82) is 0 Å². The van der Waals surface area contributed by atoms with Gasteiger partial charge in [-0.15, -0.1) is 12.4 Å². The van der Waals surface area contributed by atoms with Gasteiger partial charge in [-0.05, 0) is 62.3 Å². The predicted octanol–water partition coefficient (Wildman–Crippen LogP) is 4.26. The lowest BCUT2D eigenvalue weighted by Gasteiger charge is -2.34. The van der Waals surface area contributed by atoms with Gasteiger partial charge in [0, 0.05) is 12.8 Å². The zero-order valence-corrected chi connectivity index (χ0v) is 16.0. The molecule has 2 aromatic rings. The SMILES string of the molecule is COC1(C(=O)Nc2ccc(Oc3ccccc3Cl)cc2)CCNCC1.Cl. The number of nitrogens with one attached hydrogen (secondary N) is 2. The fourth-order valence-electron chi connectivity index (χ4n) is 2.86. The number of methoxy groups -OCH3 is 1. The van der Waals surface area contributed by atoms with Crippen molar-refractivity contribution < 1.29 is 14.3 Å². The summed E-state index contributed by atoms with van der Waals surface area (Å²) in [5, 5.41) is 6.72. The summed E-state index contributed by atoms with van der Waals surface area (Å²) in [4.78, 5) is 12.6. The van der Waals surface area contributed by atoms with E-state index in [-0.39, 0.29) is 18.3 Å². The van der Waals surface area contributed by atoms with E-state index in [0.29, 0.717) is 35.1 Å². The average molecular weight is 397 g/mol. The molecule has 0 aromatic heterocycles. The molecule has 140 valence electrons. The molecule has 0 saturated carbocycles. The number of piperidine rings is 1. The molecular formula is C19H22Cl2N2O3. The Morgan fingerprint density at radius 2 is 1.77 bits per heavy atom. The summed E-state index contributed by atoms with van der Waals surface area (Å²) in [7, 11) is 1.59. The molecule has 0 radical (unpaired) electrons. The number of amides is 1. The molecule has 1 saturated heterocycles. The van der Waals surface area contributed by atoms with Crippen molar-refractivity contribution in [3.05, 3.63) is 53.6 Å². The molecule has 26 heavy (non-hydrogen) atoms. The number of halogens is 2. The Labute approximate surface area is 164 Å². The minimum atomic E-state index is -0.766. The van der Waals surface area contributed by atoms with Crippen molar-refractivity contribution in [2.75, 3.05) is 25.5 Å². The average Bonchev–Trinajstić information content (AvgIpc) is 2.65. The Balaban J connectivity index is 0.00000243. The molecule has 3 rings (SSSR count). The number of hydrogen-bond acceptors (Lipinski definition) is 4. The minimum Gasteiger partial charge on any atom is -0.456 e. The van der Waals surface area contributed by atoms with Gasteiger partial charge in [-0.1, -0.05) is 23.7 Å². The predicted molar refractivity (Wildman–Crippen MR) is 106 cm³/mol. The quantitative estimate of drug-likeness (QED) is 0.792. The van der Waals surface area contributed by atoms with E-state index in [9.17, 15) is 4.79 Å². The maximum atomic E-state index is 12.6. The summed E-state index contributed by atoms with van der Waals surface area (Å²) in [5.74, 6) is 1.12. The van der Waals surface area contributed by atoms with Gasteiger partial charge in [0.25, 0.3) is 5.91 Å². The van der Waals surface area contributed by atoms with Crippen LogP contribution >= 0.6 is 24.0 Å². The van der Waals surface area contributed by atoms with E-state index in [1.807, 2.05) is 12.1 Å². The van der Waals surface area contributed by atoms with Crippen LogP contribution in [0.2, 0.25) is 5.02 Å². The van der Waals surface area contributed by atoms with Gasteiger partial charge >= 0.3 is 0 Å². The first kappa shape index (κ1) is 20.5. The zero-order valence-electron chi connectivity index (χ0n) is 14.5. The van der Waals surface area contributed by atoms with Gasteiger partial charge in [-0.25, -0.2) is 0 Å². The number of ether oxygens (including phenoxy) is 2. The first-order valence-corrected chi connectivity index (χ1v) is 8.60. The lowest BCUT2D eigenvalue weighted by molar-refractivity contribution is -0.140. The third-order valence-electron chi connectivity index (χ3n) is 4.39. The van der Waals surface area contributed by atoms with Crippen LogP contribution in [0, 0.1) is 0 Å². The van der Waals surface area contributed by atoms with Gasteiger partial charge in [0.2, 0.25) is 0 Å². The van der Waals surface area contributed by atoms with E-state index in [0.717, 1.165) is 13.1 Å². The second-order valence-electron chi connectivity index (χ2n) is 5.96. The Kier molecular flexibility index (Phi) is 7.29. The fraction of sp³-hybridized carbons (Fsp3) is 0.316. The molecule has 1 fully saturated rings. The standard InChI is InChI=1S/C19H21ClN2O3.ClH/c1-24-19(10-12-21-13-11-19)18(23)22-14-6-8-15(9-7-14)25-17-5-3-2-4-16(17)20;/h2-9,21H,10-13H2,1H3,(H,22,23);1H. The van der Waals surface area contributed by atoms with E-state index in [2.05, 4.69) is 10.6 Å². The monoisotopic (exact) mass is 396 g/mol. The first-order valence-electron chi connectivity index (χ1n) is 8.23. The smallest absolute Gasteiger partial charge is 0.256 e. The Morgan fingerprint density at radius 1 is 1.12 bits per heavy atom. The normalized spacial score (nSPS) is 15.6. The van der Waals surface area contributed by atoms with Gasteiger partial charge in [0.05, 0.1) is 5.02 Å². The van der Waals surface area contributed by atoms with Crippen molar-refractivity contribution >= 4 is 35.6 Å². The highest BCUT2D eigenvalue weighted by Gasteiger charge is 2.39. The van der Waals surface area contributed by atoms with Crippen LogP contribution in [0.4, 0.5) is 5.69 Å². The van der Waals surface area contributed by atoms with E-state index in [4.69, 9.17) is 21.1 Å². The van der Waals surface area contributed by atoms with Crippen LogP contribution in [0.5, 0.6) is 11.5 Å². The molecule has 2 N–H and O–H groups in total. The van der Waals surface area contributed by atoms with E-state index >= 15 is 0 Å². The largest absolute Gasteiger partial charge is 0.456 e. The number of hydrogen-bond donors (Lipinski definition) is 2. The molecule has 0 spiro atoms. The summed E-state index contributed by atoms with van der Waals surface area (Å²) in [6, 6.07) is 14.5. The molecule has 7 heteroatoms. The Bertz CT molecular complexity index is 732. The summed E-state index contributed by atoms with van der Waals surface area (Å²) in [5.41, 5.74) is -0.0655. The van der Waals surface area contributed by atoms with Crippen molar-refractivity contribution in [2.45, 2.75) is 18.4 Å².